The lowest BCUT2D eigenvalue weighted by Crippen LogP contribution is -1.86. The molecule has 3 aromatic heterocycles. The van der Waals surface area contributed by atoms with Crippen molar-refractivity contribution >= 4 is 74.4 Å². The fourth-order valence-electron chi connectivity index (χ4n) is 4.71. The fraction of sp³-hybridized carbons (Fsp3) is 0.241. The Labute approximate surface area is 201 Å². The summed E-state index contributed by atoms with van der Waals surface area (Å²) in [6.07, 6.45) is 6.48. The second-order valence-corrected chi connectivity index (χ2v) is 12.2. The highest BCUT2D eigenvalue weighted by molar-refractivity contribution is 7.36. The summed E-state index contributed by atoms with van der Waals surface area (Å²) in [6, 6.07) is 23.4. The van der Waals surface area contributed by atoms with E-state index in [1.54, 1.807) is 0 Å². The predicted octanol–water partition coefficient (Wildman–Crippen LogP) is 10.6. The van der Waals surface area contributed by atoms with Gasteiger partial charge in [0.1, 0.15) is 0 Å². The molecule has 3 aromatic carbocycles. The van der Waals surface area contributed by atoms with E-state index in [4.69, 9.17) is 0 Å². The van der Waals surface area contributed by atoms with Gasteiger partial charge in [0.15, 0.2) is 0 Å². The molecule has 3 heterocycles. The number of benzene rings is 3. The van der Waals surface area contributed by atoms with Crippen molar-refractivity contribution in [3.8, 4) is 10.4 Å². The molecule has 0 spiro atoms. The van der Waals surface area contributed by atoms with Crippen LogP contribution in [-0.4, -0.2) is 0 Å². The third-order valence-corrected chi connectivity index (χ3v) is 10.0. The van der Waals surface area contributed by atoms with Gasteiger partial charge in [0, 0.05) is 29.9 Å². The third kappa shape index (κ3) is 3.57. The minimum absolute atomic E-state index is 1.20. The van der Waals surface area contributed by atoms with Gasteiger partial charge in [-0.2, -0.15) is 0 Å². The molecule has 0 radical (unpaired) electrons. The zero-order valence-electron chi connectivity index (χ0n) is 18.5. The maximum absolute atomic E-state index is 2.44. The summed E-state index contributed by atoms with van der Waals surface area (Å²) >= 11 is 5.79. The van der Waals surface area contributed by atoms with Crippen molar-refractivity contribution in [1.82, 2.24) is 0 Å². The fourth-order valence-corrected chi connectivity index (χ4v) is 8.22. The number of aryl methyl sites for hydroxylation is 2. The Hall–Kier alpha value is -2.20. The molecule has 0 saturated heterocycles. The molecule has 0 saturated carbocycles. The quantitative estimate of drug-likeness (QED) is 0.212. The zero-order valence-corrected chi connectivity index (χ0v) is 21.0. The van der Waals surface area contributed by atoms with Crippen LogP contribution in [0, 0.1) is 6.92 Å². The smallest absolute Gasteiger partial charge is 0.0542 e. The van der Waals surface area contributed by atoms with E-state index in [1.807, 2.05) is 34.0 Å². The topological polar surface area (TPSA) is 0 Å². The Kier molecular flexibility index (Phi) is 5.29. The highest BCUT2D eigenvalue weighted by atomic mass is 32.1. The molecule has 0 aliphatic carbocycles. The highest BCUT2D eigenvalue weighted by Gasteiger charge is 2.14. The Bertz CT molecular complexity index is 1570. The average molecular weight is 471 g/mol. The lowest BCUT2D eigenvalue weighted by atomic mass is 10.0. The van der Waals surface area contributed by atoms with Crippen LogP contribution in [-0.2, 0) is 6.42 Å². The molecule has 0 nitrogen and oxygen atoms in total. The van der Waals surface area contributed by atoms with Crippen LogP contribution in [0.4, 0.5) is 0 Å². The van der Waals surface area contributed by atoms with Gasteiger partial charge in [-0.3, -0.25) is 0 Å². The molecule has 0 aliphatic heterocycles. The van der Waals surface area contributed by atoms with E-state index < -0.39 is 0 Å². The third-order valence-electron chi connectivity index (χ3n) is 6.45. The molecule has 0 aliphatic rings. The van der Waals surface area contributed by atoms with Gasteiger partial charge in [0.25, 0.3) is 0 Å². The summed E-state index contributed by atoms with van der Waals surface area (Å²) in [5, 5.41) is 5.59. The summed E-state index contributed by atoms with van der Waals surface area (Å²) in [4.78, 5) is 2.73. The van der Waals surface area contributed by atoms with Crippen molar-refractivity contribution in [3.63, 3.8) is 0 Å². The van der Waals surface area contributed by atoms with Crippen LogP contribution in [0.2, 0.25) is 0 Å². The summed E-state index contributed by atoms with van der Waals surface area (Å²) in [6.45, 7) is 4.46. The maximum atomic E-state index is 2.44. The molecular weight excluding hydrogens is 445 g/mol. The monoisotopic (exact) mass is 470 g/mol. The van der Waals surface area contributed by atoms with Crippen LogP contribution in [0.1, 0.15) is 43.0 Å². The average Bonchev–Trinajstić information content (AvgIpc) is 3.48. The molecule has 0 fully saturated rings. The molecule has 0 unspecified atom stereocenters. The van der Waals surface area contributed by atoms with E-state index in [0.717, 1.165) is 0 Å². The maximum Gasteiger partial charge on any atom is 0.0542 e. The van der Waals surface area contributed by atoms with Crippen molar-refractivity contribution in [3.05, 3.63) is 71.1 Å². The first-order valence-electron chi connectivity index (χ1n) is 11.6. The van der Waals surface area contributed by atoms with Gasteiger partial charge >= 0.3 is 0 Å². The number of thiophene rings is 3. The summed E-state index contributed by atoms with van der Waals surface area (Å²) in [5.74, 6) is 0. The van der Waals surface area contributed by atoms with E-state index in [2.05, 4.69) is 74.5 Å². The van der Waals surface area contributed by atoms with Crippen LogP contribution in [0.15, 0.2) is 60.7 Å². The number of fused-ring (bicyclic) bond motifs is 6. The Morgan fingerprint density at radius 3 is 2.31 bits per heavy atom. The summed E-state index contributed by atoms with van der Waals surface area (Å²) < 4.78 is 5.71. The molecule has 3 heteroatoms. The Balaban J connectivity index is 1.45. The zero-order chi connectivity index (χ0) is 21.7. The van der Waals surface area contributed by atoms with Crippen LogP contribution < -0.4 is 0 Å². The van der Waals surface area contributed by atoms with Gasteiger partial charge in [-0.25, -0.2) is 0 Å². The SMILES string of the molecule is CCCCCCc1ccc2cc3sc4c5cc(-c6ccc(C)s6)ccc5sc4c3cc2c1. The molecule has 6 aromatic rings. The molecule has 160 valence electrons. The number of hydrogen-bond donors (Lipinski definition) is 0. The molecule has 0 amide bonds. The first-order chi connectivity index (χ1) is 15.7. The second-order valence-electron chi connectivity index (χ2n) is 8.82. The minimum atomic E-state index is 1.20. The normalized spacial score (nSPS) is 12.1. The van der Waals surface area contributed by atoms with Crippen molar-refractivity contribution < 1.29 is 0 Å². The molecular formula is C29H26S3. The molecule has 0 N–H and O–H groups in total. The second kappa shape index (κ2) is 8.30. The van der Waals surface area contributed by atoms with E-state index >= 15 is 0 Å². The first kappa shape index (κ1) is 20.4. The number of unbranched alkanes of at least 4 members (excludes halogenated alkanes) is 3. The standard InChI is InChI=1S/C29H26S3/c1-3-4-5-6-7-19-9-10-20-17-27-24(16-22(20)14-19)29-28(32-27)23-15-21(11-13-26(23)31-29)25-12-8-18(2)30-25/h8-17H,3-7H2,1-2H3. The Morgan fingerprint density at radius 1 is 0.656 bits per heavy atom. The first-order valence-corrected chi connectivity index (χ1v) is 14.0. The number of rotatable bonds is 6. The van der Waals surface area contributed by atoms with Crippen LogP contribution in [0.5, 0.6) is 0 Å². The van der Waals surface area contributed by atoms with Crippen molar-refractivity contribution in [2.75, 3.05) is 0 Å². The molecule has 6 rings (SSSR count). The lowest BCUT2D eigenvalue weighted by molar-refractivity contribution is 0.667. The van der Waals surface area contributed by atoms with E-state index in [0.29, 0.717) is 0 Å². The lowest BCUT2D eigenvalue weighted by Gasteiger charge is -2.05. The van der Waals surface area contributed by atoms with Gasteiger partial charge in [-0.15, -0.1) is 34.0 Å². The molecule has 0 bridgehead atoms. The van der Waals surface area contributed by atoms with Gasteiger partial charge in [-0.05, 0) is 78.1 Å². The van der Waals surface area contributed by atoms with Crippen molar-refractivity contribution in [1.29, 1.82) is 0 Å². The summed E-state index contributed by atoms with van der Waals surface area (Å²) in [7, 11) is 0. The van der Waals surface area contributed by atoms with Gasteiger partial charge in [0.05, 0.1) is 9.40 Å². The van der Waals surface area contributed by atoms with E-state index in [1.165, 1.54) is 93.3 Å². The van der Waals surface area contributed by atoms with E-state index in [-0.39, 0.29) is 0 Å². The van der Waals surface area contributed by atoms with Crippen molar-refractivity contribution in [2.24, 2.45) is 0 Å². The van der Waals surface area contributed by atoms with Crippen LogP contribution in [0.25, 0.3) is 50.8 Å². The predicted molar refractivity (Wildman–Crippen MR) is 148 cm³/mol. The number of hydrogen-bond acceptors (Lipinski definition) is 3. The van der Waals surface area contributed by atoms with Gasteiger partial charge in [-0.1, -0.05) is 50.5 Å². The highest BCUT2D eigenvalue weighted by Crippen LogP contribution is 2.46. The van der Waals surface area contributed by atoms with Gasteiger partial charge in [0.2, 0.25) is 0 Å². The largest absolute Gasteiger partial charge is 0.141 e. The van der Waals surface area contributed by atoms with Crippen LogP contribution in [0.3, 0.4) is 0 Å². The Morgan fingerprint density at radius 2 is 1.50 bits per heavy atom. The van der Waals surface area contributed by atoms with E-state index in [9.17, 15) is 0 Å². The molecule has 32 heavy (non-hydrogen) atoms. The summed E-state index contributed by atoms with van der Waals surface area (Å²) in [5.41, 5.74) is 2.82. The van der Waals surface area contributed by atoms with Gasteiger partial charge < -0.3 is 0 Å². The molecule has 0 atom stereocenters. The van der Waals surface area contributed by atoms with Crippen molar-refractivity contribution in [2.45, 2.75) is 46.0 Å². The minimum Gasteiger partial charge on any atom is -0.141 e. The van der Waals surface area contributed by atoms with Crippen LogP contribution >= 0.6 is 34.0 Å².